The van der Waals surface area contributed by atoms with Gasteiger partial charge in [-0.15, -0.1) is 14.1 Å². The van der Waals surface area contributed by atoms with Crippen LogP contribution in [0.2, 0.25) is 0 Å². The number of nitrogens with one attached hydrogen (secondary N) is 3. The number of methoxy groups -OCH3 is 1. The fourth-order valence-electron chi connectivity index (χ4n) is 2.79. The lowest BCUT2D eigenvalue weighted by Gasteiger charge is -2.14. The van der Waals surface area contributed by atoms with Crippen LogP contribution in [0.5, 0.6) is 5.75 Å². The van der Waals surface area contributed by atoms with Crippen molar-refractivity contribution < 1.29 is 23.1 Å². The minimum absolute atomic E-state index is 0.111. The van der Waals surface area contributed by atoms with Crippen molar-refractivity contribution in [3.63, 3.8) is 0 Å². The van der Waals surface area contributed by atoms with Gasteiger partial charge in [0.15, 0.2) is 0 Å². The number of carboxylic acid groups (broad SMARTS) is 1. The summed E-state index contributed by atoms with van der Waals surface area (Å²) >= 11 is 0. The van der Waals surface area contributed by atoms with E-state index in [1.54, 1.807) is 31.4 Å². The molecule has 0 aromatic heterocycles. The average Bonchev–Trinajstić information content (AvgIpc) is 2.72. The molecular formula is C20H26N3O5PS. The largest absolute Gasteiger partial charge is 0.497 e. The first kappa shape index (κ1) is 23.8. The number of hydrazine groups is 1. The lowest BCUT2D eigenvalue weighted by Crippen LogP contribution is -2.38. The van der Waals surface area contributed by atoms with Crippen molar-refractivity contribution in [3.05, 3.63) is 59.3 Å². The number of aryl methyl sites for hydroxylation is 1. The summed E-state index contributed by atoms with van der Waals surface area (Å²) in [6.07, 6.45) is 2.23. The molecule has 0 fully saturated rings. The number of benzene rings is 2. The van der Waals surface area contributed by atoms with Crippen LogP contribution in [0.4, 0.5) is 0 Å². The smallest absolute Gasteiger partial charge is 0.336 e. The van der Waals surface area contributed by atoms with E-state index >= 15 is 0 Å². The van der Waals surface area contributed by atoms with Gasteiger partial charge < -0.3 is 15.2 Å². The molecule has 30 heavy (non-hydrogen) atoms. The summed E-state index contributed by atoms with van der Waals surface area (Å²) in [7, 11) is 1.99. The standard InChI is InChI=1S/C20H26N3O5PS/c1-13-10-15(11-18(19(13)29)20(24)25)14(12-21-2)8-9-22-23-30(26,27)17-6-4-16(28-3)5-7-17/h4-7,10-12,21-23H,8-9,29H2,1-3H3,(H,24,25)/b14-12+. The maximum atomic E-state index is 12.4. The minimum Gasteiger partial charge on any atom is -0.497 e. The van der Waals surface area contributed by atoms with E-state index in [1.165, 1.54) is 19.2 Å². The fraction of sp³-hybridized carbons (Fsp3) is 0.250. The Morgan fingerprint density at radius 1 is 1.23 bits per heavy atom. The molecular weight excluding hydrogens is 425 g/mol. The maximum absolute atomic E-state index is 12.4. The molecule has 0 heterocycles. The van der Waals surface area contributed by atoms with Crippen LogP contribution in [-0.4, -0.2) is 40.2 Å². The predicted octanol–water partition coefficient (Wildman–Crippen LogP) is 1.64. The zero-order valence-corrected chi connectivity index (χ0v) is 19.0. The number of ether oxygens (including phenoxy) is 1. The first-order valence-corrected chi connectivity index (χ1v) is 11.1. The van der Waals surface area contributed by atoms with Crippen LogP contribution in [0, 0.1) is 6.92 Å². The normalized spacial score (nSPS) is 11.9. The Hall–Kier alpha value is -2.45. The predicted molar refractivity (Wildman–Crippen MR) is 120 cm³/mol. The quantitative estimate of drug-likeness (QED) is 0.246. The molecule has 1 atom stereocenters. The topological polar surface area (TPSA) is 117 Å². The molecule has 1 unspecified atom stereocenters. The maximum Gasteiger partial charge on any atom is 0.336 e. The van der Waals surface area contributed by atoms with Crippen molar-refractivity contribution in [3.8, 4) is 5.75 Å². The first-order chi connectivity index (χ1) is 14.2. The van der Waals surface area contributed by atoms with E-state index in [2.05, 4.69) is 24.8 Å². The molecule has 2 rings (SSSR count). The Labute approximate surface area is 178 Å². The van der Waals surface area contributed by atoms with Crippen LogP contribution in [0.3, 0.4) is 0 Å². The van der Waals surface area contributed by atoms with E-state index in [-0.39, 0.29) is 10.5 Å². The van der Waals surface area contributed by atoms with E-state index in [1.807, 2.05) is 13.0 Å². The number of carboxylic acids is 1. The van der Waals surface area contributed by atoms with E-state index in [9.17, 15) is 18.3 Å². The summed E-state index contributed by atoms with van der Waals surface area (Å²) in [6, 6.07) is 9.56. The lowest BCUT2D eigenvalue weighted by atomic mass is 9.98. The van der Waals surface area contributed by atoms with Crippen molar-refractivity contribution in [2.45, 2.75) is 18.2 Å². The molecule has 2 aromatic rings. The summed E-state index contributed by atoms with van der Waals surface area (Å²) in [5, 5.41) is 13.0. The van der Waals surface area contributed by atoms with E-state index in [4.69, 9.17) is 4.74 Å². The second-order valence-electron chi connectivity index (χ2n) is 6.48. The highest BCUT2D eigenvalue weighted by atomic mass is 32.2. The second kappa shape index (κ2) is 10.5. The highest BCUT2D eigenvalue weighted by Crippen LogP contribution is 2.21. The summed E-state index contributed by atoms with van der Waals surface area (Å²) in [5.74, 6) is -0.435. The van der Waals surface area contributed by atoms with Gasteiger partial charge in [0.1, 0.15) is 5.75 Å². The van der Waals surface area contributed by atoms with Crippen molar-refractivity contribution in [1.82, 2.24) is 15.6 Å². The average molecular weight is 451 g/mol. The summed E-state index contributed by atoms with van der Waals surface area (Å²) < 4.78 is 29.8. The molecule has 0 radical (unpaired) electrons. The fourth-order valence-corrected chi connectivity index (χ4v) is 3.99. The molecule has 0 bridgehead atoms. The van der Waals surface area contributed by atoms with Crippen LogP contribution in [0.25, 0.3) is 5.57 Å². The third kappa shape index (κ3) is 6.03. The van der Waals surface area contributed by atoms with E-state index in [0.717, 1.165) is 16.7 Å². The van der Waals surface area contributed by atoms with Crippen molar-refractivity contribution in [1.29, 1.82) is 0 Å². The molecule has 10 heteroatoms. The van der Waals surface area contributed by atoms with Crippen LogP contribution in [0.15, 0.2) is 47.5 Å². The third-order valence-corrected chi connectivity index (χ3v) is 6.47. The Morgan fingerprint density at radius 2 is 1.90 bits per heavy atom. The lowest BCUT2D eigenvalue weighted by molar-refractivity contribution is 0.0698. The molecule has 0 saturated heterocycles. The van der Waals surface area contributed by atoms with E-state index < -0.39 is 16.0 Å². The Kier molecular flexibility index (Phi) is 8.37. The van der Waals surface area contributed by atoms with Crippen LogP contribution >= 0.6 is 9.24 Å². The van der Waals surface area contributed by atoms with Gasteiger partial charge in [0.2, 0.25) is 0 Å². The highest BCUT2D eigenvalue weighted by Gasteiger charge is 2.15. The molecule has 0 amide bonds. The van der Waals surface area contributed by atoms with Gasteiger partial charge in [0.25, 0.3) is 10.0 Å². The number of rotatable bonds is 10. The molecule has 4 N–H and O–H groups in total. The zero-order chi connectivity index (χ0) is 22.3. The third-order valence-electron chi connectivity index (χ3n) is 4.40. The summed E-state index contributed by atoms with van der Waals surface area (Å²) in [4.78, 5) is 14.0. The van der Waals surface area contributed by atoms with Gasteiger partial charge in [-0.3, -0.25) is 0 Å². The number of carbonyl (C=O) groups is 1. The minimum atomic E-state index is -3.72. The van der Waals surface area contributed by atoms with Gasteiger partial charge in [0.05, 0.1) is 17.6 Å². The van der Waals surface area contributed by atoms with Crippen LogP contribution in [0.1, 0.15) is 27.9 Å². The number of aromatic carboxylic acids is 1. The first-order valence-electron chi connectivity index (χ1n) is 9.08. The SMILES string of the molecule is CN/C=C(\CCNNS(=O)(=O)c1ccc(OC)cc1)c1cc(C)c(P)c(C(=O)O)c1. The molecule has 0 spiro atoms. The second-order valence-corrected chi connectivity index (χ2v) is 8.74. The molecule has 8 nitrogen and oxygen atoms in total. The summed E-state index contributed by atoms with van der Waals surface area (Å²) in [5.41, 5.74) is 5.36. The zero-order valence-electron chi connectivity index (χ0n) is 17.0. The van der Waals surface area contributed by atoms with E-state index in [0.29, 0.717) is 24.0 Å². The van der Waals surface area contributed by atoms with Gasteiger partial charge in [-0.05, 0) is 65.7 Å². The molecule has 0 aliphatic carbocycles. The van der Waals surface area contributed by atoms with Crippen molar-refractivity contribution in [2.24, 2.45) is 0 Å². The highest BCUT2D eigenvalue weighted by molar-refractivity contribution is 7.89. The van der Waals surface area contributed by atoms with Gasteiger partial charge in [0, 0.05) is 19.8 Å². The Balaban J connectivity index is 2.07. The summed E-state index contributed by atoms with van der Waals surface area (Å²) in [6.45, 7) is 2.14. The molecule has 2 aromatic carbocycles. The van der Waals surface area contributed by atoms with Crippen molar-refractivity contribution >= 4 is 36.1 Å². The Bertz CT molecular complexity index is 1040. The van der Waals surface area contributed by atoms with Gasteiger partial charge in [-0.1, -0.05) is 6.07 Å². The number of sulfonamides is 1. The Morgan fingerprint density at radius 3 is 2.47 bits per heavy atom. The van der Waals surface area contributed by atoms with Crippen molar-refractivity contribution in [2.75, 3.05) is 20.7 Å². The molecule has 0 saturated carbocycles. The van der Waals surface area contributed by atoms with Crippen LogP contribution in [-0.2, 0) is 10.0 Å². The van der Waals surface area contributed by atoms with Crippen LogP contribution < -0.4 is 25.6 Å². The number of hydrogen-bond donors (Lipinski definition) is 4. The van der Waals surface area contributed by atoms with Gasteiger partial charge in [-0.2, -0.15) is 0 Å². The molecule has 0 aliphatic heterocycles. The molecule has 162 valence electrons. The van der Waals surface area contributed by atoms with Gasteiger partial charge in [-0.25, -0.2) is 18.6 Å². The molecule has 0 aliphatic rings. The monoisotopic (exact) mass is 451 g/mol. The van der Waals surface area contributed by atoms with Gasteiger partial charge >= 0.3 is 5.97 Å². The number of hydrogen-bond acceptors (Lipinski definition) is 6.